The number of hydrogen-bond donors (Lipinski definition) is 0. The second-order valence-corrected chi connectivity index (χ2v) is 6.21. The van der Waals surface area contributed by atoms with Crippen LogP contribution in [0.4, 0.5) is 5.69 Å². The van der Waals surface area contributed by atoms with Crippen LogP contribution in [0.2, 0.25) is 0 Å². The van der Waals surface area contributed by atoms with Gasteiger partial charge in [-0.25, -0.2) is 4.79 Å². The molecule has 0 saturated carbocycles. The molecule has 5 nitrogen and oxygen atoms in total. The predicted octanol–water partition coefficient (Wildman–Crippen LogP) is 3.84. The van der Waals surface area contributed by atoms with Gasteiger partial charge in [0.05, 0.1) is 18.0 Å². The van der Waals surface area contributed by atoms with E-state index >= 15 is 0 Å². The molecule has 0 saturated heterocycles. The molecule has 1 aliphatic heterocycles. The number of hydrogen-bond acceptors (Lipinski definition) is 5. The van der Waals surface area contributed by atoms with Gasteiger partial charge in [-0.3, -0.25) is 9.80 Å². The van der Waals surface area contributed by atoms with Crippen molar-refractivity contribution in [3.63, 3.8) is 0 Å². The zero-order valence-electron chi connectivity index (χ0n) is 15.5. The Hall–Kier alpha value is -3.21. The summed E-state index contributed by atoms with van der Waals surface area (Å²) < 4.78 is 4.94. The largest absolute Gasteiger partial charge is 0.462 e. The lowest BCUT2D eigenvalue weighted by Crippen LogP contribution is -2.13. The summed E-state index contributed by atoms with van der Waals surface area (Å²) in [5, 5.41) is 6.67. The van der Waals surface area contributed by atoms with E-state index in [0.717, 1.165) is 35.5 Å². The van der Waals surface area contributed by atoms with E-state index in [1.807, 2.05) is 47.5 Å². The van der Waals surface area contributed by atoms with E-state index in [1.54, 1.807) is 13.0 Å². The fourth-order valence-corrected chi connectivity index (χ4v) is 2.90. The first-order valence-corrected chi connectivity index (χ1v) is 8.98. The molecule has 0 radical (unpaired) electrons. The first-order valence-electron chi connectivity index (χ1n) is 8.98. The summed E-state index contributed by atoms with van der Waals surface area (Å²) in [6.07, 6.45) is 2.45. The number of Topliss-reactive ketones (excluding diaryl/α,β-unsaturated/α-hetero) is 1. The minimum atomic E-state index is -0.592. The van der Waals surface area contributed by atoms with Gasteiger partial charge in [-0.05, 0) is 43.2 Å². The Balaban J connectivity index is 1.77. The standard InChI is InChI=1S/C22H22N2O3/c1-3-27-22(26)20(16(2)25)15-17-9-11-19(12-10-17)24-14-13-21(23-24)18-7-5-4-6-8-18/h4-12,15H,3,13-14H2,1-2H3/b20-15+. The molecule has 5 heteroatoms. The number of esters is 1. The lowest BCUT2D eigenvalue weighted by Gasteiger charge is -2.13. The Kier molecular flexibility index (Phi) is 5.81. The van der Waals surface area contributed by atoms with Crippen LogP contribution in [0.15, 0.2) is 65.3 Å². The van der Waals surface area contributed by atoms with Gasteiger partial charge in [0.1, 0.15) is 5.57 Å². The van der Waals surface area contributed by atoms with Crippen molar-refractivity contribution in [2.45, 2.75) is 20.3 Å². The Morgan fingerprint density at radius 3 is 2.44 bits per heavy atom. The highest BCUT2D eigenvalue weighted by Crippen LogP contribution is 2.23. The lowest BCUT2D eigenvalue weighted by atomic mass is 10.1. The third-order valence-corrected chi connectivity index (χ3v) is 4.29. The molecule has 0 amide bonds. The maximum atomic E-state index is 11.9. The summed E-state index contributed by atoms with van der Waals surface area (Å²) in [7, 11) is 0. The first-order chi connectivity index (χ1) is 13.1. The molecule has 0 unspecified atom stereocenters. The molecule has 0 bridgehead atoms. The van der Waals surface area contributed by atoms with Crippen molar-refractivity contribution in [3.05, 3.63) is 71.3 Å². The molecular weight excluding hydrogens is 340 g/mol. The Morgan fingerprint density at radius 1 is 1.11 bits per heavy atom. The highest BCUT2D eigenvalue weighted by atomic mass is 16.5. The van der Waals surface area contributed by atoms with Crippen LogP contribution < -0.4 is 5.01 Å². The minimum absolute atomic E-state index is 0.0511. The topological polar surface area (TPSA) is 59.0 Å². The highest BCUT2D eigenvalue weighted by Gasteiger charge is 2.18. The van der Waals surface area contributed by atoms with E-state index in [9.17, 15) is 9.59 Å². The smallest absolute Gasteiger partial charge is 0.341 e. The summed E-state index contributed by atoms with van der Waals surface area (Å²) in [5.41, 5.74) is 4.00. The average molecular weight is 362 g/mol. The van der Waals surface area contributed by atoms with Crippen LogP contribution in [-0.2, 0) is 14.3 Å². The lowest BCUT2D eigenvalue weighted by molar-refractivity contribution is -0.139. The molecule has 138 valence electrons. The average Bonchev–Trinajstić information content (AvgIpc) is 3.17. The van der Waals surface area contributed by atoms with Gasteiger partial charge in [0.15, 0.2) is 5.78 Å². The zero-order valence-corrected chi connectivity index (χ0v) is 15.5. The van der Waals surface area contributed by atoms with Crippen LogP contribution in [0, 0.1) is 0 Å². The molecule has 1 heterocycles. The van der Waals surface area contributed by atoms with Crippen LogP contribution in [-0.4, -0.2) is 30.6 Å². The van der Waals surface area contributed by atoms with E-state index in [1.165, 1.54) is 6.92 Å². The van der Waals surface area contributed by atoms with E-state index < -0.39 is 5.97 Å². The predicted molar refractivity (Wildman–Crippen MR) is 107 cm³/mol. The van der Waals surface area contributed by atoms with Crippen LogP contribution in [0.25, 0.3) is 6.08 Å². The van der Waals surface area contributed by atoms with Crippen molar-refractivity contribution in [2.75, 3.05) is 18.2 Å². The van der Waals surface area contributed by atoms with Gasteiger partial charge in [-0.15, -0.1) is 0 Å². The van der Waals surface area contributed by atoms with Crippen molar-refractivity contribution in [2.24, 2.45) is 5.10 Å². The summed E-state index contributed by atoms with van der Waals surface area (Å²) >= 11 is 0. The Bertz CT molecular complexity index is 884. The number of hydrazone groups is 1. The number of anilines is 1. The number of ether oxygens (including phenoxy) is 1. The fraction of sp³-hybridized carbons (Fsp3) is 0.227. The van der Waals surface area contributed by atoms with E-state index in [-0.39, 0.29) is 18.0 Å². The van der Waals surface area contributed by atoms with Crippen molar-refractivity contribution in [3.8, 4) is 0 Å². The molecule has 1 aliphatic rings. The zero-order chi connectivity index (χ0) is 19.2. The van der Waals surface area contributed by atoms with Crippen LogP contribution >= 0.6 is 0 Å². The maximum Gasteiger partial charge on any atom is 0.341 e. The Morgan fingerprint density at radius 2 is 1.81 bits per heavy atom. The molecule has 27 heavy (non-hydrogen) atoms. The molecule has 0 aliphatic carbocycles. The molecule has 2 aromatic rings. The van der Waals surface area contributed by atoms with Crippen LogP contribution in [0.1, 0.15) is 31.4 Å². The third-order valence-electron chi connectivity index (χ3n) is 4.29. The summed E-state index contributed by atoms with van der Waals surface area (Å²) in [5.74, 6) is -0.903. The second kappa shape index (κ2) is 8.45. The third kappa shape index (κ3) is 4.50. The van der Waals surface area contributed by atoms with Gasteiger partial charge in [0.25, 0.3) is 0 Å². The highest BCUT2D eigenvalue weighted by molar-refractivity contribution is 6.19. The number of rotatable bonds is 6. The molecule has 0 atom stereocenters. The first kappa shape index (κ1) is 18.6. The number of ketones is 1. The molecule has 0 fully saturated rings. The molecule has 0 aromatic heterocycles. The van der Waals surface area contributed by atoms with Gasteiger partial charge in [-0.1, -0.05) is 42.5 Å². The second-order valence-electron chi connectivity index (χ2n) is 6.21. The number of nitrogens with zero attached hydrogens (tertiary/aromatic N) is 2. The van der Waals surface area contributed by atoms with Gasteiger partial charge in [0, 0.05) is 13.0 Å². The monoisotopic (exact) mass is 362 g/mol. The molecular formula is C22H22N2O3. The quantitative estimate of drug-likeness (QED) is 0.339. The van der Waals surface area contributed by atoms with E-state index in [4.69, 9.17) is 9.84 Å². The van der Waals surface area contributed by atoms with Crippen LogP contribution in [0.5, 0.6) is 0 Å². The summed E-state index contributed by atoms with van der Waals surface area (Å²) in [6.45, 7) is 4.13. The van der Waals surface area contributed by atoms with Crippen molar-refractivity contribution >= 4 is 29.2 Å². The number of carbonyl (C=O) groups excluding carboxylic acids is 2. The summed E-state index contributed by atoms with van der Waals surface area (Å²) in [6, 6.07) is 17.8. The van der Waals surface area contributed by atoms with Gasteiger partial charge in [-0.2, -0.15) is 5.10 Å². The maximum absolute atomic E-state index is 11.9. The fourth-order valence-electron chi connectivity index (χ4n) is 2.90. The molecule has 0 N–H and O–H groups in total. The SMILES string of the molecule is CCOC(=O)/C(=C/c1ccc(N2CCC(c3ccccc3)=N2)cc1)C(C)=O. The summed E-state index contributed by atoms with van der Waals surface area (Å²) in [4.78, 5) is 23.6. The van der Waals surface area contributed by atoms with E-state index in [2.05, 4.69) is 12.1 Å². The number of carbonyl (C=O) groups is 2. The van der Waals surface area contributed by atoms with Gasteiger partial charge < -0.3 is 4.74 Å². The Labute approximate surface area is 159 Å². The van der Waals surface area contributed by atoms with Crippen molar-refractivity contribution in [1.29, 1.82) is 0 Å². The normalized spacial score (nSPS) is 14.1. The molecule has 3 rings (SSSR count). The van der Waals surface area contributed by atoms with Crippen molar-refractivity contribution in [1.82, 2.24) is 0 Å². The molecule has 0 spiro atoms. The van der Waals surface area contributed by atoms with E-state index in [0.29, 0.717) is 0 Å². The van der Waals surface area contributed by atoms with Gasteiger partial charge >= 0.3 is 5.97 Å². The van der Waals surface area contributed by atoms with Crippen molar-refractivity contribution < 1.29 is 14.3 Å². The number of benzene rings is 2. The minimum Gasteiger partial charge on any atom is -0.462 e. The van der Waals surface area contributed by atoms with Gasteiger partial charge in [0.2, 0.25) is 0 Å². The molecule has 2 aromatic carbocycles. The van der Waals surface area contributed by atoms with Crippen LogP contribution in [0.3, 0.4) is 0 Å².